The van der Waals surface area contributed by atoms with E-state index in [2.05, 4.69) is 19.9 Å². The minimum absolute atomic E-state index is 0.0309. The predicted octanol–water partition coefficient (Wildman–Crippen LogP) is 8.29. The normalized spacial score (nSPS) is 39.5. The highest BCUT2D eigenvalue weighted by atomic mass is 14.5. The van der Waals surface area contributed by atoms with Crippen molar-refractivity contribution in [2.45, 2.75) is 123 Å². The number of rotatable bonds is 8. The van der Waals surface area contributed by atoms with Crippen molar-refractivity contribution in [3.63, 3.8) is 0 Å². The summed E-state index contributed by atoms with van der Waals surface area (Å²) in [7, 11) is 0. The summed E-state index contributed by atoms with van der Waals surface area (Å²) in [6.07, 6.45) is 24.0. The maximum absolute atomic E-state index is 9.67. The molecule has 3 rings (SSSR count). The van der Waals surface area contributed by atoms with Gasteiger partial charge in [-0.2, -0.15) is 5.26 Å². The van der Waals surface area contributed by atoms with E-state index in [0.29, 0.717) is 0 Å². The molecule has 0 radical (unpaired) electrons. The third kappa shape index (κ3) is 5.52. The van der Waals surface area contributed by atoms with Crippen molar-refractivity contribution in [1.82, 2.24) is 0 Å². The minimum atomic E-state index is 0.0309. The van der Waals surface area contributed by atoms with Gasteiger partial charge in [-0.05, 0) is 87.4 Å². The van der Waals surface area contributed by atoms with Crippen molar-refractivity contribution in [3.05, 3.63) is 0 Å². The predicted molar refractivity (Wildman–Crippen MR) is 115 cm³/mol. The van der Waals surface area contributed by atoms with Gasteiger partial charge in [-0.3, -0.25) is 0 Å². The van der Waals surface area contributed by atoms with Crippen LogP contribution in [0.5, 0.6) is 0 Å². The monoisotopic (exact) mass is 371 g/mol. The molecule has 0 amide bonds. The second-order valence-corrected chi connectivity index (χ2v) is 10.6. The fourth-order valence-electron chi connectivity index (χ4n) is 6.97. The zero-order chi connectivity index (χ0) is 19.1. The quantitative estimate of drug-likeness (QED) is 0.394. The largest absolute Gasteiger partial charge is 0.198 e. The van der Waals surface area contributed by atoms with E-state index in [1.165, 1.54) is 103 Å². The molecule has 0 aromatic heterocycles. The highest BCUT2D eigenvalue weighted by molar-refractivity contribution is 5.04. The van der Waals surface area contributed by atoms with Crippen LogP contribution in [0.2, 0.25) is 0 Å². The zero-order valence-corrected chi connectivity index (χ0v) is 18.4. The summed E-state index contributed by atoms with van der Waals surface area (Å²) in [5.74, 6) is 4.93. The van der Waals surface area contributed by atoms with Gasteiger partial charge in [0.1, 0.15) is 0 Å². The van der Waals surface area contributed by atoms with E-state index in [1.807, 2.05) is 0 Å². The van der Waals surface area contributed by atoms with Crippen LogP contribution in [0, 0.1) is 46.3 Å². The molecule has 0 N–H and O–H groups in total. The number of hydrogen-bond acceptors (Lipinski definition) is 1. The van der Waals surface area contributed by atoms with E-state index in [9.17, 15) is 5.26 Å². The van der Waals surface area contributed by atoms with Crippen molar-refractivity contribution in [2.75, 3.05) is 0 Å². The Labute approximate surface area is 169 Å². The highest BCUT2D eigenvalue weighted by Crippen LogP contribution is 2.53. The van der Waals surface area contributed by atoms with Gasteiger partial charge in [0.2, 0.25) is 0 Å². The summed E-state index contributed by atoms with van der Waals surface area (Å²) in [5.41, 5.74) is 0.0309. The Kier molecular flexibility index (Phi) is 8.10. The first-order valence-corrected chi connectivity index (χ1v) is 12.6. The number of fused-ring (bicyclic) bond motifs is 1. The van der Waals surface area contributed by atoms with Crippen LogP contribution in [0.3, 0.4) is 0 Å². The van der Waals surface area contributed by atoms with Crippen LogP contribution in [0.15, 0.2) is 0 Å². The van der Waals surface area contributed by atoms with Crippen LogP contribution in [-0.4, -0.2) is 0 Å². The minimum Gasteiger partial charge on any atom is -0.198 e. The second-order valence-electron chi connectivity index (χ2n) is 10.6. The Bertz CT molecular complexity index is 469. The lowest BCUT2D eigenvalue weighted by atomic mass is 9.57. The molecule has 3 aliphatic rings. The maximum atomic E-state index is 9.67. The van der Waals surface area contributed by atoms with Crippen LogP contribution in [0.4, 0.5) is 0 Å². The van der Waals surface area contributed by atoms with Crippen LogP contribution < -0.4 is 0 Å². The third-order valence-corrected chi connectivity index (χ3v) is 9.01. The fourth-order valence-corrected chi connectivity index (χ4v) is 6.97. The van der Waals surface area contributed by atoms with E-state index in [4.69, 9.17) is 0 Å². The first-order valence-electron chi connectivity index (χ1n) is 12.6. The van der Waals surface area contributed by atoms with Gasteiger partial charge in [-0.15, -0.1) is 0 Å². The summed E-state index contributed by atoms with van der Waals surface area (Å²) in [5, 5.41) is 9.67. The van der Waals surface area contributed by atoms with Gasteiger partial charge in [0.05, 0.1) is 11.5 Å². The summed E-state index contributed by atoms with van der Waals surface area (Å²) < 4.78 is 0. The molecule has 1 nitrogen and oxygen atoms in total. The zero-order valence-electron chi connectivity index (χ0n) is 18.4. The van der Waals surface area contributed by atoms with Crippen LogP contribution in [0.25, 0.3) is 0 Å². The lowest BCUT2D eigenvalue weighted by Gasteiger charge is -2.47. The Hall–Kier alpha value is -0.510. The van der Waals surface area contributed by atoms with Gasteiger partial charge >= 0.3 is 0 Å². The molecule has 154 valence electrons. The van der Waals surface area contributed by atoms with Crippen LogP contribution >= 0.6 is 0 Å². The van der Waals surface area contributed by atoms with Crippen molar-refractivity contribution in [1.29, 1.82) is 5.26 Å². The van der Waals surface area contributed by atoms with Gasteiger partial charge in [0.25, 0.3) is 0 Å². The lowest BCUT2D eigenvalue weighted by molar-refractivity contribution is 0.0401. The SMILES string of the molecule is CCCCCCCC1CCC([C@H]2CC[C@@H]3C[C@](C#N)(CC)CC[C@@H]3C2)CC1. The molecule has 0 aromatic carbocycles. The van der Waals surface area contributed by atoms with Crippen molar-refractivity contribution >= 4 is 0 Å². The molecule has 0 spiro atoms. The molecule has 0 unspecified atom stereocenters. The van der Waals surface area contributed by atoms with Gasteiger partial charge in [-0.25, -0.2) is 0 Å². The molecule has 0 saturated heterocycles. The van der Waals surface area contributed by atoms with Crippen molar-refractivity contribution in [2.24, 2.45) is 35.0 Å². The van der Waals surface area contributed by atoms with Gasteiger partial charge in [0.15, 0.2) is 0 Å². The topological polar surface area (TPSA) is 23.8 Å². The molecule has 3 saturated carbocycles. The van der Waals surface area contributed by atoms with E-state index >= 15 is 0 Å². The smallest absolute Gasteiger partial charge is 0.0689 e. The standard InChI is InChI=1S/C26H45N/c1-3-5-6-7-8-9-21-10-12-22(13-11-21)23-14-15-25-19-26(4-2,20-27)17-16-24(25)18-23/h21-25H,3-19H2,1-2H3/t21?,22?,23-,24+,25+,26-/m0/s1. The van der Waals surface area contributed by atoms with Gasteiger partial charge < -0.3 is 0 Å². The molecule has 4 atom stereocenters. The Morgan fingerprint density at radius 2 is 1.44 bits per heavy atom. The van der Waals surface area contributed by atoms with E-state index in [0.717, 1.165) is 36.0 Å². The third-order valence-electron chi connectivity index (χ3n) is 9.01. The van der Waals surface area contributed by atoms with Crippen molar-refractivity contribution < 1.29 is 0 Å². The summed E-state index contributed by atoms with van der Waals surface area (Å²) in [4.78, 5) is 0. The van der Waals surface area contributed by atoms with Gasteiger partial charge in [0, 0.05) is 0 Å². The molecule has 1 heteroatoms. The average molecular weight is 372 g/mol. The van der Waals surface area contributed by atoms with Crippen molar-refractivity contribution in [3.8, 4) is 6.07 Å². The number of hydrogen-bond donors (Lipinski definition) is 0. The lowest BCUT2D eigenvalue weighted by Crippen LogP contribution is -2.38. The molecule has 0 aliphatic heterocycles. The molecular formula is C26H45N. The first-order chi connectivity index (χ1) is 13.2. The first kappa shape index (κ1) is 21.2. The Morgan fingerprint density at radius 1 is 0.778 bits per heavy atom. The van der Waals surface area contributed by atoms with Crippen LogP contribution in [0.1, 0.15) is 123 Å². The van der Waals surface area contributed by atoms with E-state index < -0.39 is 0 Å². The van der Waals surface area contributed by atoms with Gasteiger partial charge in [-0.1, -0.05) is 65.2 Å². The molecule has 27 heavy (non-hydrogen) atoms. The Balaban J connectivity index is 1.38. The molecule has 0 heterocycles. The van der Waals surface area contributed by atoms with E-state index in [1.54, 1.807) is 0 Å². The number of nitrogens with zero attached hydrogens (tertiary/aromatic N) is 1. The number of nitriles is 1. The van der Waals surface area contributed by atoms with Crippen LogP contribution in [-0.2, 0) is 0 Å². The maximum Gasteiger partial charge on any atom is 0.0689 e. The average Bonchev–Trinajstić information content (AvgIpc) is 2.73. The molecule has 0 bridgehead atoms. The Morgan fingerprint density at radius 3 is 2.15 bits per heavy atom. The fraction of sp³-hybridized carbons (Fsp3) is 0.962. The highest BCUT2D eigenvalue weighted by Gasteiger charge is 2.43. The molecule has 3 aliphatic carbocycles. The second kappa shape index (κ2) is 10.3. The van der Waals surface area contributed by atoms with E-state index in [-0.39, 0.29) is 5.41 Å². The molecule has 3 fully saturated rings. The molecular weight excluding hydrogens is 326 g/mol. The molecule has 0 aromatic rings. The summed E-state index contributed by atoms with van der Waals surface area (Å²) in [6.45, 7) is 4.54. The summed E-state index contributed by atoms with van der Waals surface area (Å²) >= 11 is 0. The summed E-state index contributed by atoms with van der Waals surface area (Å²) in [6, 6.07) is 2.71. The number of unbranched alkanes of at least 4 members (excludes halogenated alkanes) is 4.